The molecule has 0 aliphatic carbocycles. The zero-order chi connectivity index (χ0) is 24.1. The first-order valence-electron chi connectivity index (χ1n) is 11.9. The average Bonchev–Trinajstić information content (AvgIpc) is 2.86. The second-order valence-electron chi connectivity index (χ2n) is 9.19. The Morgan fingerprint density at radius 2 is 1.76 bits per heavy atom. The number of carbonyl (C=O) groups excluding carboxylic acids is 1. The molecule has 0 aromatic heterocycles. The highest BCUT2D eigenvalue weighted by Gasteiger charge is 2.33. The van der Waals surface area contributed by atoms with Crippen molar-refractivity contribution < 1.29 is 14.7 Å². The van der Waals surface area contributed by atoms with Crippen LogP contribution in [0.1, 0.15) is 42.9 Å². The van der Waals surface area contributed by atoms with Gasteiger partial charge in [-0.3, -0.25) is 9.59 Å². The number of nitrogens with one attached hydrogen (secondary N) is 1. The fraction of sp³-hybridized carbons (Fsp3) is 0.310. The molecular weight excluding hydrogens is 424 g/mol. The number of benzene rings is 3. The van der Waals surface area contributed by atoms with Crippen molar-refractivity contribution in [2.45, 2.75) is 31.7 Å². The number of hydrogen-bond donors (Lipinski definition) is 2. The number of hydrogen-bond acceptors (Lipinski definition) is 3. The Morgan fingerprint density at radius 1 is 1.06 bits per heavy atom. The molecule has 5 nitrogen and oxygen atoms in total. The van der Waals surface area contributed by atoms with Crippen LogP contribution < -0.4 is 5.32 Å². The van der Waals surface area contributed by atoms with Crippen molar-refractivity contribution in [2.24, 2.45) is 5.92 Å². The standard InChI is InChI=1S/C29H32N2O3/c1-20(17-28(32)33)29(34)31-16-15-26(22-9-4-3-5-10-22)24(19-31)18-30-21(2)25-14-8-12-23-11-6-7-13-27(23)25/h3-14,21,24,26,30H,1,15-19H2,2H3,(H,32,33). The molecule has 3 aromatic carbocycles. The smallest absolute Gasteiger partial charge is 0.308 e. The number of aliphatic carboxylic acids is 1. The van der Waals surface area contributed by atoms with Crippen LogP contribution in [0.4, 0.5) is 0 Å². The van der Waals surface area contributed by atoms with Crippen LogP contribution in [0.3, 0.4) is 0 Å². The molecule has 3 unspecified atom stereocenters. The second-order valence-corrected chi connectivity index (χ2v) is 9.19. The normalized spacial score (nSPS) is 19.0. The maximum Gasteiger partial charge on any atom is 0.308 e. The lowest BCUT2D eigenvalue weighted by atomic mass is 9.80. The Hall–Kier alpha value is -3.44. The van der Waals surface area contributed by atoms with Gasteiger partial charge in [-0.2, -0.15) is 0 Å². The van der Waals surface area contributed by atoms with Gasteiger partial charge in [0.25, 0.3) is 0 Å². The number of fused-ring (bicyclic) bond motifs is 1. The van der Waals surface area contributed by atoms with Crippen LogP contribution in [0.15, 0.2) is 84.9 Å². The van der Waals surface area contributed by atoms with E-state index in [9.17, 15) is 9.59 Å². The SMILES string of the molecule is C=C(CC(=O)O)C(=O)N1CCC(c2ccccc2)C(CNC(C)c2cccc3ccccc23)C1. The van der Waals surface area contributed by atoms with Crippen molar-refractivity contribution in [2.75, 3.05) is 19.6 Å². The minimum Gasteiger partial charge on any atom is -0.481 e. The first kappa shape index (κ1) is 23.7. The third-order valence-electron chi connectivity index (χ3n) is 6.89. The van der Waals surface area contributed by atoms with E-state index in [-0.39, 0.29) is 29.9 Å². The van der Waals surface area contributed by atoms with E-state index in [2.05, 4.69) is 85.5 Å². The molecule has 34 heavy (non-hydrogen) atoms. The van der Waals surface area contributed by atoms with Crippen LogP contribution in [0.25, 0.3) is 10.8 Å². The number of rotatable bonds is 8. The van der Waals surface area contributed by atoms with Gasteiger partial charge >= 0.3 is 5.97 Å². The van der Waals surface area contributed by atoms with E-state index in [1.165, 1.54) is 21.9 Å². The van der Waals surface area contributed by atoms with Gasteiger partial charge in [0.15, 0.2) is 0 Å². The maximum atomic E-state index is 12.9. The van der Waals surface area contributed by atoms with Crippen molar-refractivity contribution in [3.8, 4) is 0 Å². The summed E-state index contributed by atoms with van der Waals surface area (Å²) < 4.78 is 0. The van der Waals surface area contributed by atoms with Gasteiger partial charge in [0.2, 0.25) is 5.91 Å². The van der Waals surface area contributed by atoms with Crippen LogP contribution in [0.5, 0.6) is 0 Å². The monoisotopic (exact) mass is 456 g/mol. The van der Waals surface area contributed by atoms with E-state index in [1.54, 1.807) is 4.90 Å². The molecule has 1 fully saturated rings. The van der Waals surface area contributed by atoms with E-state index in [0.29, 0.717) is 19.0 Å². The first-order chi connectivity index (χ1) is 16.4. The van der Waals surface area contributed by atoms with Gasteiger partial charge in [0.1, 0.15) is 0 Å². The van der Waals surface area contributed by atoms with Gasteiger partial charge in [-0.15, -0.1) is 0 Å². The molecule has 5 heteroatoms. The second kappa shape index (κ2) is 10.7. The lowest BCUT2D eigenvalue weighted by Crippen LogP contribution is -2.46. The number of piperidine rings is 1. The average molecular weight is 457 g/mol. The summed E-state index contributed by atoms with van der Waals surface area (Å²) in [7, 11) is 0. The first-order valence-corrected chi connectivity index (χ1v) is 11.9. The quantitative estimate of drug-likeness (QED) is 0.460. The molecule has 176 valence electrons. The molecule has 2 N–H and O–H groups in total. The minimum atomic E-state index is -1.03. The molecule has 1 aliphatic rings. The van der Waals surface area contributed by atoms with E-state index in [1.807, 2.05) is 6.07 Å². The fourth-order valence-corrected chi connectivity index (χ4v) is 5.11. The molecule has 3 aromatic rings. The van der Waals surface area contributed by atoms with E-state index >= 15 is 0 Å². The van der Waals surface area contributed by atoms with Crippen molar-refractivity contribution >= 4 is 22.6 Å². The molecule has 1 heterocycles. The van der Waals surface area contributed by atoms with Crippen LogP contribution >= 0.6 is 0 Å². The highest BCUT2D eigenvalue weighted by molar-refractivity contribution is 5.96. The van der Waals surface area contributed by atoms with Gasteiger partial charge < -0.3 is 15.3 Å². The van der Waals surface area contributed by atoms with E-state index in [0.717, 1.165) is 13.0 Å². The predicted molar refractivity (Wildman–Crippen MR) is 136 cm³/mol. The molecule has 1 amide bonds. The van der Waals surface area contributed by atoms with Gasteiger partial charge in [-0.25, -0.2) is 0 Å². The highest BCUT2D eigenvalue weighted by atomic mass is 16.4. The molecule has 1 aliphatic heterocycles. The Bertz CT molecular complexity index is 1170. The summed E-state index contributed by atoms with van der Waals surface area (Å²) in [6, 6.07) is 25.4. The predicted octanol–water partition coefficient (Wildman–Crippen LogP) is 5.15. The fourth-order valence-electron chi connectivity index (χ4n) is 5.11. The topological polar surface area (TPSA) is 69.6 Å². The summed E-state index contributed by atoms with van der Waals surface area (Å²) in [5.41, 5.74) is 2.68. The Kier molecular flexibility index (Phi) is 7.43. The molecule has 1 saturated heterocycles. The Balaban J connectivity index is 1.51. The third kappa shape index (κ3) is 5.37. The molecule has 0 saturated carbocycles. The van der Waals surface area contributed by atoms with Crippen molar-refractivity contribution in [1.82, 2.24) is 10.2 Å². The largest absolute Gasteiger partial charge is 0.481 e. The molecule has 0 bridgehead atoms. The number of carbonyl (C=O) groups is 2. The summed E-state index contributed by atoms with van der Waals surface area (Å²) in [5.74, 6) is -0.749. The van der Waals surface area contributed by atoms with Gasteiger partial charge in [-0.1, -0.05) is 79.4 Å². The summed E-state index contributed by atoms with van der Waals surface area (Å²) in [5, 5.41) is 15.3. The van der Waals surface area contributed by atoms with Crippen LogP contribution in [0.2, 0.25) is 0 Å². The van der Waals surface area contributed by atoms with Crippen LogP contribution in [0, 0.1) is 5.92 Å². The van der Waals surface area contributed by atoms with Crippen LogP contribution in [-0.4, -0.2) is 41.5 Å². The molecule has 0 radical (unpaired) electrons. The summed E-state index contributed by atoms with van der Waals surface area (Å²) in [6.07, 6.45) is 0.517. The van der Waals surface area contributed by atoms with Gasteiger partial charge in [0.05, 0.1) is 6.42 Å². The number of likely N-dealkylation sites (tertiary alicyclic amines) is 1. The summed E-state index contributed by atoms with van der Waals surface area (Å²) >= 11 is 0. The van der Waals surface area contributed by atoms with Gasteiger partial charge in [-0.05, 0) is 47.1 Å². The molecule has 4 rings (SSSR count). The summed E-state index contributed by atoms with van der Waals surface area (Å²) in [6.45, 7) is 7.84. The highest BCUT2D eigenvalue weighted by Crippen LogP contribution is 2.34. The summed E-state index contributed by atoms with van der Waals surface area (Å²) in [4.78, 5) is 25.7. The number of amides is 1. The molecule has 0 spiro atoms. The number of carboxylic acids is 1. The number of carboxylic acid groups (broad SMARTS) is 1. The molecular formula is C29H32N2O3. The van der Waals surface area contributed by atoms with Crippen LogP contribution in [-0.2, 0) is 9.59 Å². The lowest BCUT2D eigenvalue weighted by Gasteiger charge is -2.40. The minimum absolute atomic E-state index is 0.140. The zero-order valence-electron chi connectivity index (χ0n) is 19.6. The van der Waals surface area contributed by atoms with Crippen molar-refractivity contribution in [1.29, 1.82) is 0 Å². The maximum absolute atomic E-state index is 12.9. The number of nitrogens with zero attached hydrogens (tertiary/aromatic N) is 1. The van der Waals surface area contributed by atoms with E-state index < -0.39 is 5.97 Å². The Morgan fingerprint density at radius 3 is 2.53 bits per heavy atom. The van der Waals surface area contributed by atoms with Crippen molar-refractivity contribution in [3.05, 3.63) is 96.1 Å². The zero-order valence-corrected chi connectivity index (χ0v) is 19.6. The van der Waals surface area contributed by atoms with E-state index in [4.69, 9.17) is 5.11 Å². The molecule has 3 atom stereocenters. The lowest BCUT2D eigenvalue weighted by molar-refractivity contribution is -0.138. The third-order valence-corrected chi connectivity index (χ3v) is 6.89. The van der Waals surface area contributed by atoms with Crippen molar-refractivity contribution in [3.63, 3.8) is 0 Å². The van der Waals surface area contributed by atoms with Gasteiger partial charge in [0, 0.05) is 31.2 Å². The Labute approximate surface area is 201 Å².